The molecule has 7 nitrogen and oxygen atoms in total. The van der Waals surface area contributed by atoms with Gasteiger partial charge in [0.1, 0.15) is 0 Å². The number of nitrogens with one attached hydrogen (secondary N) is 2. The molecule has 2 N–H and O–H groups in total. The maximum Gasteiger partial charge on any atom is 0.248 e. The van der Waals surface area contributed by atoms with Gasteiger partial charge < -0.3 is 10.3 Å². The number of carbonyl (C=O) groups is 1. The van der Waals surface area contributed by atoms with E-state index >= 15 is 0 Å². The van der Waals surface area contributed by atoms with Crippen LogP contribution in [0.1, 0.15) is 5.56 Å². The van der Waals surface area contributed by atoms with Gasteiger partial charge in [-0.15, -0.1) is 0 Å². The molecule has 0 bridgehead atoms. The molecule has 3 rings (SSSR count). The van der Waals surface area contributed by atoms with Crippen LogP contribution in [0.3, 0.4) is 0 Å². The predicted octanol–water partition coefficient (Wildman–Crippen LogP) is 1.51. The first-order chi connectivity index (χ1) is 13.4. The van der Waals surface area contributed by atoms with E-state index < -0.39 is 10.0 Å². The van der Waals surface area contributed by atoms with Gasteiger partial charge in [-0.05, 0) is 41.6 Å². The van der Waals surface area contributed by atoms with Gasteiger partial charge in [-0.25, -0.2) is 8.42 Å². The number of hydrogen-bond acceptors (Lipinski definition) is 4. The number of hydrogen-bond donors (Lipinski definition) is 2. The standard InChI is InChI=1S/C20H21N3O4S/c1-23(14-20(25)21-12-11-15-5-3-2-4-6-15)28(26,27)17-8-9-18-16(13-17)7-10-19(24)22-18/h2-10,13H,11-12,14H2,1H3,(H,21,25)(H,22,24). The molecule has 0 saturated heterocycles. The summed E-state index contributed by atoms with van der Waals surface area (Å²) < 4.78 is 26.5. The number of H-pyrrole nitrogens is 1. The van der Waals surface area contributed by atoms with Gasteiger partial charge in [-0.1, -0.05) is 30.3 Å². The second-order valence-corrected chi connectivity index (χ2v) is 8.46. The fraction of sp³-hybridized carbons (Fsp3) is 0.200. The molecule has 0 saturated carbocycles. The molecule has 2 aromatic carbocycles. The first-order valence-electron chi connectivity index (χ1n) is 8.76. The highest BCUT2D eigenvalue weighted by atomic mass is 32.2. The third-order valence-electron chi connectivity index (χ3n) is 4.35. The Morgan fingerprint density at radius 1 is 1.07 bits per heavy atom. The van der Waals surface area contributed by atoms with Crippen LogP contribution in [0.15, 0.2) is 70.4 Å². The molecule has 1 aromatic heterocycles. The highest BCUT2D eigenvalue weighted by Gasteiger charge is 2.23. The van der Waals surface area contributed by atoms with Crippen LogP contribution in [0.4, 0.5) is 0 Å². The maximum absolute atomic E-state index is 12.7. The third kappa shape index (κ3) is 4.65. The van der Waals surface area contributed by atoms with Crippen LogP contribution in [-0.4, -0.2) is 43.8 Å². The highest BCUT2D eigenvalue weighted by Crippen LogP contribution is 2.19. The number of nitrogens with zero attached hydrogens (tertiary/aromatic N) is 1. The number of amides is 1. The van der Waals surface area contributed by atoms with Crippen molar-refractivity contribution in [2.45, 2.75) is 11.3 Å². The molecule has 0 spiro atoms. The van der Waals surface area contributed by atoms with E-state index in [4.69, 9.17) is 0 Å². The zero-order valence-corrected chi connectivity index (χ0v) is 16.2. The second-order valence-electron chi connectivity index (χ2n) is 6.42. The molecule has 0 aliphatic carbocycles. The molecule has 0 atom stereocenters. The van der Waals surface area contributed by atoms with Gasteiger partial charge in [0.15, 0.2) is 0 Å². The Kier molecular flexibility index (Phi) is 5.91. The smallest absolute Gasteiger partial charge is 0.248 e. The van der Waals surface area contributed by atoms with Crippen molar-refractivity contribution in [1.29, 1.82) is 0 Å². The van der Waals surface area contributed by atoms with E-state index in [1.807, 2.05) is 30.3 Å². The van der Waals surface area contributed by atoms with Gasteiger partial charge in [0.25, 0.3) is 0 Å². The van der Waals surface area contributed by atoms with Crippen molar-refractivity contribution < 1.29 is 13.2 Å². The first kappa shape index (κ1) is 19.8. The third-order valence-corrected chi connectivity index (χ3v) is 6.15. The summed E-state index contributed by atoms with van der Waals surface area (Å²) in [5.41, 5.74) is 1.39. The van der Waals surface area contributed by atoms with Gasteiger partial charge in [-0.3, -0.25) is 9.59 Å². The minimum Gasteiger partial charge on any atom is -0.355 e. The van der Waals surface area contributed by atoms with Gasteiger partial charge in [0.05, 0.1) is 11.4 Å². The second kappa shape index (κ2) is 8.37. The SMILES string of the molecule is CN(CC(=O)NCCc1ccccc1)S(=O)(=O)c1ccc2[nH]c(=O)ccc2c1. The lowest BCUT2D eigenvalue weighted by Gasteiger charge is -2.17. The Hall–Kier alpha value is -2.97. The molecule has 1 heterocycles. The zero-order chi connectivity index (χ0) is 20.1. The number of sulfonamides is 1. The van der Waals surface area contributed by atoms with Crippen LogP contribution in [-0.2, 0) is 21.2 Å². The Morgan fingerprint density at radius 2 is 1.82 bits per heavy atom. The molecule has 3 aromatic rings. The van der Waals surface area contributed by atoms with Crippen molar-refractivity contribution in [2.24, 2.45) is 0 Å². The van der Waals surface area contributed by atoms with E-state index in [-0.39, 0.29) is 22.9 Å². The van der Waals surface area contributed by atoms with E-state index in [0.717, 1.165) is 9.87 Å². The normalized spacial score (nSPS) is 11.6. The van der Waals surface area contributed by atoms with Crippen LogP contribution in [0.5, 0.6) is 0 Å². The number of benzene rings is 2. The van der Waals surface area contributed by atoms with E-state index in [0.29, 0.717) is 23.9 Å². The van der Waals surface area contributed by atoms with Crippen LogP contribution < -0.4 is 10.9 Å². The van der Waals surface area contributed by atoms with Crippen LogP contribution >= 0.6 is 0 Å². The van der Waals surface area contributed by atoms with Gasteiger partial charge >= 0.3 is 0 Å². The molecule has 0 fully saturated rings. The Balaban J connectivity index is 1.63. The summed E-state index contributed by atoms with van der Waals surface area (Å²) in [6, 6.07) is 17.0. The molecule has 8 heteroatoms. The van der Waals surface area contributed by atoms with Crippen molar-refractivity contribution in [2.75, 3.05) is 20.1 Å². The Bertz CT molecular complexity index is 1140. The van der Waals surface area contributed by atoms with Crippen molar-refractivity contribution in [3.8, 4) is 0 Å². The van der Waals surface area contributed by atoms with Crippen molar-refractivity contribution in [3.63, 3.8) is 0 Å². The highest BCUT2D eigenvalue weighted by molar-refractivity contribution is 7.89. The van der Waals surface area contributed by atoms with Gasteiger partial charge in [0, 0.05) is 25.2 Å². The first-order valence-corrected chi connectivity index (χ1v) is 10.2. The minimum atomic E-state index is -3.83. The lowest BCUT2D eigenvalue weighted by Crippen LogP contribution is -2.39. The Morgan fingerprint density at radius 3 is 2.57 bits per heavy atom. The van der Waals surface area contributed by atoms with Gasteiger partial charge in [0.2, 0.25) is 21.5 Å². The Labute approximate surface area is 163 Å². The molecular formula is C20H21N3O4S. The number of pyridine rings is 1. The molecular weight excluding hydrogens is 378 g/mol. The van der Waals surface area contributed by atoms with Gasteiger partial charge in [-0.2, -0.15) is 4.31 Å². The van der Waals surface area contributed by atoms with Crippen LogP contribution in [0.25, 0.3) is 10.9 Å². The summed E-state index contributed by atoms with van der Waals surface area (Å²) in [4.78, 5) is 26.2. The number of aromatic amines is 1. The average Bonchev–Trinajstić information content (AvgIpc) is 2.68. The molecule has 146 valence electrons. The topological polar surface area (TPSA) is 99.3 Å². The summed E-state index contributed by atoms with van der Waals surface area (Å²) in [6.07, 6.45) is 0.673. The predicted molar refractivity (Wildman–Crippen MR) is 108 cm³/mol. The molecule has 1 amide bonds. The van der Waals surface area contributed by atoms with Crippen molar-refractivity contribution in [3.05, 3.63) is 76.6 Å². The summed E-state index contributed by atoms with van der Waals surface area (Å²) in [5.74, 6) is -0.368. The monoisotopic (exact) mass is 399 g/mol. The number of likely N-dealkylation sites (N-methyl/N-ethyl adjacent to an activating group) is 1. The zero-order valence-electron chi connectivity index (χ0n) is 15.4. The molecule has 28 heavy (non-hydrogen) atoms. The largest absolute Gasteiger partial charge is 0.355 e. The van der Waals surface area contributed by atoms with Crippen LogP contribution in [0, 0.1) is 0 Å². The van der Waals surface area contributed by atoms with E-state index in [2.05, 4.69) is 10.3 Å². The molecule has 0 aliphatic rings. The molecule has 0 aliphatic heterocycles. The summed E-state index contributed by atoms with van der Waals surface area (Å²) in [7, 11) is -2.47. The minimum absolute atomic E-state index is 0.0617. The summed E-state index contributed by atoms with van der Waals surface area (Å²) in [6.45, 7) is 0.154. The maximum atomic E-state index is 12.7. The summed E-state index contributed by atoms with van der Waals surface area (Å²) >= 11 is 0. The average molecular weight is 399 g/mol. The fourth-order valence-corrected chi connectivity index (χ4v) is 3.97. The number of aromatic nitrogens is 1. The van der Waals surface area contributed by atoms with E-state index in [9.17, 15) is 18.0 Å². The van der Waals surface area contributed by atoms with Crippen LogP contribution in [0.2, 0.25) is 0 Å². The van der Waals surface area contributed by atoms with E-state index in [1.165, 1.54) is 31.3 Å². The van der Waals surface area contributed by atoms with Crippen molar-refractivity contribution >= 4 is 26.8 Å². The number of fused-ring (bicyclic) bond motifs is 1. The number of rotatable bonds is 7. The fourth-order valence-electron chi connectivity index (χ4n) is 2.81. The quantitative estimate of drug-likeness (QED) is 0.629. The lowest BCUT2D eigenvalue weighted by molar-refractivity contribution is -0.121. The summed E-state index contributed by atoms with van der Waals surface area (Å²) in [5, 5.41) is 3.34. The van der Waals surface area contributed by atoms with E-state index in [1.54, 1.807) is 6.07 Å². The number of carbonyl (C=O) groups excluding carboxylic acids is 1. The lowest BCUT2D eigenvalue weighted by atomic mass is 10.1. The molecule has 0 radical (unpaired) electrons. The molecule has 0 unspecified atom stereocenters. The van der Waals surface area contributed by atoms with Crippen molar-refractivity contribution in [1.82, 2.24) is 14.6 Å².